The summed E-state index contributed by atoms with van der Waals surface area (Å²) in [6, 6.07) is 13.0. The van der Waals surface area contributed by atoms with E-state index < -0.39 is 17.6 Å². The van der Waals surface area contributed by atoms with Crippen LogP contribution in [-0.4, -0.2) is 40.1 Å². The van der Waals surface area contributed by atoms with Crippen molar-refractivity contribution >= 4 is 17.5 Å². The molecule has 1 unspecified atom stereocenters. The number of carbonyl (C=O) groups excluding carboxylic acids is 2. The van der Waals surface area contributed by atoms with Crippen LogP contribution in [0, 0.1) is 17.6 Å². The zero-order valence-electron chi connectivity index (χ0n) is 17.0. The van der Waals surface area contributed by atoms with Crippen molar-refractivity contribution in [2.45, 2.75) is 19.5 Å². The van der Waals surface area contributed by atoms with E-state index in [1.165, 1.54) is 11.0 Å². The molecule has 8 heteroatoms. The average molecular weight is 424 g/mol. The first-order valence-electron chi connectivity index (χ1n) is 9.96. The van der Waals surface area contributed by atoms with Crippen LogP contribution in [0.2, 0.25) is 0 Å². The molecule has 1 aliphatic rings. The average Bonchev–Trinajstić information content (AvgIpc) is 3.34. The highest BCUT2D eigenvalue weighted by Crippen LogP contribution is 2.29. The van der Waals surface area contributed by atoms with E-state index in [-0.39, 0.29) is 30.5 Å². The van der Waals surface area contributed by atoms with Gasteiger partial charge in [-0.15, -0.1) is 0 Å². The molecule has 6 nitrogen and oxygen atoms in total. The van der Waals surface area contributed by atoms with Gasteiger partial charge in [0.15, 0.2) is 0 Å². The minimum atomic E-state index is -0.819. The lowest BCUT2D eigenvalue weighted by Gasteiger charge is -2.21. The SMILES string of the molecule is CN(Cc1cnn(Cc2ccccc2)c1)C(=O)C1CC(=O)N(c2ccc(F)cc2F)C1. The largest absolute Gasteiger partial charge is 0.341 e. The van der Waals surface area contributed by atoms with Gasteiger partial charge in [0.2, 0.25) is 11.8 Å². The van der Waals surface area contributed by atoms with Gasteiger partial charge in [-0.25, -0.2) is 8.78 Å². The number of halogens is 2. The summed E-state index contributed by atoms with van der Waals surface area (Å²) in [5.74, 6) is -2.67. The van der Waals surface area contributed by atoms with Crippen LogP contribution in [0.15, 0.2) is 60.9 Å². The molecule has 3 aromatic rings. The summed E-state index contributed by atoms with van der Waals surface area (Å²) in [5.41, 5.74) is 1.99. The Labute approximate surface area is 178 Å². The Balaban J connectivity index is 1.38. The molecule has 0 saturated carbocycles. The van der Waals surface area contributed by atoms with Crippen molar-refractivity contribution in [1.82, 2.24) is 14.7 Å². The molecule has 2 amide bonds. The van der Waals surface area contributed by atoms with Crippen LogP contribution in [0.3, 0.4) is 0 Å². The Hall–Kier alpha value is -3.55. The van der Waals surface area contributed by atoms with Crippen LogP contribution in [0.4, 0.5) is 14.5 Å². The van der Waals surface area contributed by atoms with Gasteiger partial charge >= 0.3 is 0 Å². The van der Waals surface area contributed by atoms with Crippen molar-refractivity contribution in [3.63, 3.8) is 0 Å². The summed E-state index contributed by atoms with van der Waals surface area (Å²) in [6.45, 7) is 1.05. The first-order chi connectivity index (χ1) is 14.9. The third-order valence-electron chi connectivity index (χ3n) is 5.34. The number of aromatic nitrogens is 2. The molecule has 0 radical (unpaired) electrons. The second kappa shape index (κ2) is 8.67. The third-order valence-corrected chi connectivity index (χ3v) is 5.34. The number of amides is 2. The minimum Gasteiger partial charge on any atom is -0.341 e. The van der Waals surface area contributed by atoms with Gasteiger partial charge in [0, 0.05) is 44.4 Å². The summed E-state index contributed by atoms with van der Waals surface area (Å²) < 4.78 is 29.0. The van der Waals surface area contributed by atoms with Gasteiger partial charge in [0.05, 0.1) is 24.3 Å². The summed E-state index contributed by atoms with van der Waals surface area (Å²) in [7, 11) is 1.67. The van der Waals surface area contributed by atoms with Gasteiger partial charge < -0.3 is 9.80 Å². The molecule has 160 valence electrons. The molecule has 1 aromatic heterocycles. The highest BCUT2D eigenvalue weighted by molar-refractivity contribution is 6.00. The smallest absolute Gasteiger partial charge is 0.228 e. The zero-order chi connectivity index (χ0) is 22.0. The molecule has 4 rings (SSSR count). The fraction of sp³-hybridized carbons (Fsp3) is 0.261. The van der Waals surface area contributed by atoms with Crippen molar-refractivity contribution in [3.05, 3.63) is 83.7 Å². The maximum atomic E-state index is 14.1. The Bertz CT molecular complexity index is 1100. The van der Waals surface area contributed by atoms with Crippen LogP contribution in [-0.2, 0) is 22.7 Å². The molecule has 2 aromatic carbocycles. The van der Waals surface area contributed by atoms with Crippen molar-refractivity contribution in [2.24, 2.45) is 5.92 Å². The zero-order valence-corrected chi connectivity index (χ0v) is 17.0. The molecule has 2 heterocycles. The molecule has 0 N–H and O–H groups in total. The Morgan fingerprint density at radius 1 is 1.16 bits per heavy atom. The summed E-state index contributed by atoms with van der Waals surface area (Å²) >= 11 is 0. The first kappa shape index (κ1) is 20.7. The van der Waals surface area contributed by atoms with Gasteiger partial charge in [0.25, 0.3) is 0 Å². The number of benzene rings is 2. The van der Waals surface area contributed by atoms with E-state index in [4.69, 9.17) is 0 Å². The lowest BCUT2D eigenvalue weighted by Crippen LogP contribution is -2.34. The molecule has 1 fully saturated rings. The van der Waals surface area contributed by atoms with E-state index in [0.29, 0.717) is 13.1 Å². The summed E-state index contributed by atoms with van der Waals surface area (Å²) in [5, 5.41) is 4.35. The molecular formula is C23H22F2N4O2. The van der Waals surface area contributed by atoms with E-state index in [0.717, 1.165) is 23.3 Å². The van der Waals surface area contributed by atoms with E-state index in [1.807, 2.05) is 36.5 Å². The van der Waals surface area contributed by atoms with Gasteiger partial charge in [-0.2, -0.15) is 5.10 Å². The number of hydrogen-bond donors (Lipinski definition) is 0. The van der Waals surface area contributed by atoms with E-state index >= 15 is 0 Å². The van der Waals surface area contributed by atoms with Gasteiger partial charge in [-0.3, -0.25) is 14.3 Å². The standard InChI is InChI=1S/C23H22F2N4O2/c1-27(12-17-11-26-28(14-17)13-16-5-3-2-4-6-16)23(31)18-9-22(30)29(15-18)21-8-7-19(24)10-20(21)25/h2-8,10-11,14,18H,9,12-13,15H2,1H3. The van der Waals surface area contributed by atoms with Crippen molar-refractivity contribution in [1.29, 1.82) is 0 Å². The van der Waals surface area contributed by atoms with Crippen molar-refractivity contribution in [2.75, 3.05) is 18.5 Å². The molecule has 0 bridgehead atoms. The number of rotatable bonds is 6. The van der Waals surface area contributed by atoms with Gasteiger partial charge in [-0.05, 0) is 17.7 Å². The summed E-state index contributed by atoms with van der Waals surface area (Å²) in [4.78, 5) is 28.0. The quantitative estimate of drug-likeness (QED) is 0.611. The van der Waals surface area contributed by atoms with Crippen LogP contribution in [0.1, 0.15) is 17.5 Å². The Morgan fingerprint density at radius 2 is 1.94 bits per heavy atom. The molecular weight excluding hydrogens is 402 g/mol. The number of anilines is 1. The van der Waals surface area contributed by atoms with Crippen LogP contribution >= 0.6 is 0 Å². The van der Waals surface area contributed by atoms with E-state index in [1.54, 1.807) is 22.8 Å². The third kappa shape index (κ3) is 4.63. The fourth-order valence-corrected chi connectivity index (χ4v) is 3.81. The maximum absolute atomic E-state index is 14.1. The second-order valence-electron chi connectivity index (χ2n) is 7.73. The number of nitrogens with zero attached hydrogens (tertiary/aromatic N) is 4. The van der Waals surface area contributed by atoms with E-state index in [2.05, 4.69) is 5.10 Å². The molecule has 31 heavy (non-hydrogen) atoms. The van der Waals surface area contributed by atoms with Crippen LogP contribution < -0.4 is 4.90 Å². The monoisotopic (exact) mass is 424 g/mol. The lowest BCUT2D eigenvalue weighted by molar-refractivity contribution is -0.135. The highest BCUT2D eigenvalue weighted by atomic mass is 19.1. The molecule has 1 saturated heterocycles. The van der Waals surface area contributed by atoms with E-state index in [9.17, 15) is 18.4 Å². The van der Waals surface area contributed by atoms with Crippen molar-refractivity contribution < 1.29 is 18.4 Å². The molecule has 1 aliphatic heterocycles. The van der Waals surface area contributed by atoms with Crippen molar-refractivity contribution in [3.8, 4) is 0 Å². The highest BCUT2D eigenvalue weighted by Gasteiger charge is 2.37. The topological polar surface area (TPSA) is 58.4 Å². The van der Waals surface area contributed by atoms with Gasteiger partial charge in [0.1, 0.15) is 11.6 Å². The normalized spacial score (nSPS) is 16.0. The predicted octanol–water partition coefficient (Wildman–Crippen LogP) is 3.22. The van der Waals surface area contributed by atoms with Crippen LogP contribution in [0.5, 0.6) is 0 Å². The Kier molecular flexibility index (Phi) is 5.79. The molecule has 0 spiro atoms. The lowest BCUT2D eigenvalue weighted by atomic mass is 10.1. The fourth-order valence-electron chi connectivity index (χ4n) is 3.81. The second-order valence-corrected chi connectivity index (χ2v) is 7.73. The maximum Gasteiger partial charge on any atom is 0.228 e. The number of carbonyl (C=O) groups is 2. The predicted molar refractivity (Wildman–Crippen MR) is 111 cm³/mol. The minimum absolute atomic E-state index is 0.00669. The molecule has 1 atom stereocenters. The van der Waals surface area contributed by atoms with Gasteiger partial charge in [-0.1, -0.05) is 30.3 Å². The molecule has 0 aliphatic carbocycles. The number of hydrogen-bond acceptors (Lipinski definition) is 3. The first-order valence-corrected chi connectivity index (χ1v) is 9.96. The Morgan fingerprint density at radius 3 is 2.68 bits per heavy atom. The summed E-state index contributed by atoms with van der Waals surface area (Å²) in [6.07, 6.45) is 3.59. The van der Waals surface area contributed by atoms with Crippen LogP contribution in [0.25, 0.3) is 0 Å².